The predicted molar refractivity (Wildman–Crippen MR) is 71.7 cm³/mol. The lowest BCUT2D eigenvalue weighted by Gasteiger charge is -2.15. The molecule has 2 nitrogen and oxygen atoms in total. The summed E-state index contributed by atoms with van der Waals surface area (Å²) in [5.41, 5.74) is 1.37. The predicted octanol–water partition coefficient (Wildman–Crippen LogP) is 3.28. The highest BCUT2D eigenvalue weighted by Crippen LogP contribution is 2.18. The maximum Gasteiger partial charge on any atom is 0.119 e. The molecule has 94 valence electrons. The summed E-state index contributed by atoms with van der Waals surface area (Å²) in [7, 11) is 0. The maximum absolute atomic E-state index is 5.76. The van der Waals surface area contributed by atoms with Gasteiger partial charge >= 0.3 is 0 Å². The van der Waals surface area contributed by atoms with Crippen LogP contribution in [0.5, 0.6) is 5.75 Å². The second-order valence-electron chi connectivity index (χ2n) is 5.12. The van der Waals surface area contributed by atoms with Crippen LogP contribution in [0.15, 0.2) is 24.3 Å². The van der Waals surface area contributed by atoms with E-state index in [9.17, 15) is 0 Å². The Kier molecular flexibility index (Phi) is 4.43. The van der Waals surface area contributed by atoms with Crippen molar-refractivity contribution in [1.82, 2.24) is 4.90 Å². The zero-order chi connectivity index (χ0) is 12.1. The molecule has 0 unspecified atom stereocenters. The van der Waals surface area contributed by atoms with Gasteiger partial charge in [-0.15, -0.1) is 0 Å². The number of hydrogen-bond acceptors (Lipinski definition) is 2. The molecule has 1 aromatic carbocycles. The highest BCUT2D eigenvalue weighted by molar-refractivity contribution is 5.28. The summed E-state index contributed by atoms with van der Waals surface area (Å²) in [6.45, 7) is 8.78. The minimum atomic E-state index is 0.591. The average molecular weight is 233 g/mol. The van der Waals surface area contributed by atoms with Gasteiger partial charge in [-0.25, -0.2) is 0 Å². The third-order valence-corrected chi connectivity index (χ3v) is 3.42. The molecule has 0 saturated carbocycles. The number of rotatable bonds is 5. The Bertz CT molecular complexity index is 325. The number of nitrogens with zero attached hydrogens (tertiary/aromatic N) is 1. The fourth-order valence-electron chi connectivity index (χ4n) is 2.25. The zero-order valence-electron chi connectivity index (χ0n) is 11.0. The molecule has 1 fully saturated rings. The molecule has 1 heterocycles. The zero-order valence-corrected chi connectivity index (χ0v) is 11.0. The Labute approximate surface area is 105 Å². The van der Waals surface area contributed by atoms with Crippen LogP contribution in [0.25, 0.3) is 0 Å². The van der Waals surface area contributed by atoms with Gasteiger partial charge in [-0.05, 0) is 49.5 Å². The van der Waals surface area contributed by atoms with Crippen molar-refractivity contribution < 1.29 is 4.74 Å². The van der Waals surface area contributed by atoms with Crippen molar-refractivity contribution in [2.75, 3.05) is 26.2 Å². The van der Waals surface area contributed by atoms with Crippen LogP contribution in [0.2, 0.25) is 0 Å². The Hall–Kier alpha value is -1.02. The molecular formula is C15H23NO. The second kappa shape index (κ2) is 6.06. The van der Waals surface area contributed by atoms with E-state index in [1.807, 2.05) is 0 Å². The van der Waals surface area contributed by atoms with Crippen LogP contribution < -0.4 is 4.74 Å². The molecule has 2 heteroatoms. The Morgan fingerprint density at radius 1 is 1.12 bits per heavy atom. The second-order valence-corrected chi connectivity index (χ2v) is 5.12. The monoisotopic (exact) mass is 233 g/mol. The summed E-state index contributed by atoms with van der Waals surface area (Å²) in [5.74, 6) is 1.59. The van der Waals surface area contributed by atoms with E-state index in [-0.39, 0.29) is 0 Å². The van der Waals surface area contributed by atoms with Crippen molar-refractivity contribution in [3.63, 3.8) is 0 Å². The van der Waals surface area contributed by atoms with Crippen LogP contribution >= 0.6 is 0 Å². The first-order chi connectivity index (χ1) is 8.25. The van der Waals surface area contributed by atoms with E-state index in [0.29, 0.717) is 5.92 Å². The van der Waals surface area contributed by atoms with Crippen molar-refractivity contribution in [1.29, 1.82) is 0 Å². The molecule has 0 bridgehead atoms. The Morgan fingerprint density at radius 3 is 2.35 bits per heavy atom. The van der Waals surface area contributed by atoms with Crippen LogP contribution in [-0.4, -0.2) is 31.1 Å². The van der Waals surface area contributed by atoms with Crippen molar-refractivity contribution in [3.8, 4) is 5.75 Å². The SMILES string of the molecule is CC(C)c1ccc(OCCN2CCCC2)cc1. The topological polar surface area (TPSA) is 12.5 Å². The van der Waals surface area contributed by atoms with Crippen LogP contribution in [0, 0.1) is 0 Å². The molecule has 1 aliphatic heterocycles. The molecule has 1 aliphatic rings. The minimum Gasteiger partial charge on any atom is -0.492 e. The first-order valence-electron chi connectivity index (χ1n) is 6.71. The van der Waals surface area contributed by atoms with Crippen LogP contribution in [0.3, 0.4) is 0 Å². The summed E-state index contributed by atoms with van der Waals surface area (Å²) >= 11 is 0. The van der Waals surface area contributed by atoms with Crippen LogP contribution in [-0.2, 0) is 0 Å². The lowest BCUT2D eigenvalue weighted by Crippen LogP contribution is -2.25. The molecular weight excluding hydrogens is 210 g/mol. The number of likely N-dealkylation sites (tertiary alicyclic amines) is 1. The molecule has 17 heavy (non-hydrogen) atoms. The van der Waals surface area contributed by atoms with Gasteiger partial charge in [0, 0.05) is 6.54 Å². The van der Waals surface area contributed by atoms with Crippen molar-refractivity contribution >= 4 is 0 Å². The van der Waals surface area contributed by atoms with E-state index in [1.54, 1.807) is 0 Å². The average Bonchev–Trinajstić information content (AvgIpc) is 2.83. The van der Waals surface area contributed by atoms with Gasteiger partial charge < -0.3 is 4.74 Å². The standard InChI is InChI=1S/C15H23NO/c1-13(2)14-5-7-15(8-6-14)17-12-11-16-9-3-4-10-16/h5-8,13H,3-4,9-12H2,1-2H3. The fraction of sp³-hybridized carbons (Fsp3) is 0.600. The molecule has 0 atom stereocenters. The van der Waals surface area contributed by atoms with E-state index < -0.39 is 0 Å². The smallest absolute Gasteiger partial charge is 0.119 e. The van der Waals surface area contributed by atoms with Crippen LogP contribution in [0.4, 0.5) is 0 Å². The van der Waals surface area contributed by atoms with Crippen molar-refractivity contribution in [3.05, 3.63) is 29.8 Å². The van der Waals surface area contributed by atoms with E-state index in [0.717, 1.165) is 18.9 Å². The normalized spacial score (nSPS) is 16.6. The molecule has 0 spiro atoms. The highest BCUT2D eigenvalue weighted by atomic mass is 16.5. The summed E-state index contributed by atoms with van der Waals surface area (Å²) in [4.78, 5) is 2.47. The number of ether oxygens (including phenoxy) is 1. The summed E-state index contributed by atoms with van der Waals surface area (Å²) in [6, 6.07) is 8.49. The minimum absolute atomic E-state index is 0.591. The molecule has 0 aromatic heterocycles. The van der Waals surface area contributed by atoms with E-state index >= 15 is 0 Å². The van der Waals surface area contributed by atoms with E-state index in [4.69, 9.17) is 4.74 Å². The summed E-state index contributed by atoms with van der Waals surface area (Å²) < 4.78 is 5.76. The van der Waals surface area contributed by atoms with Crippen molar-refractivity contribution in [2.45, 2.75) is 32.6 Å². The van der Waals surface area contributed by atoms with Gasteiger partial charge in [-0.1, -0.05) is 26.0 Å². The molecule has 0 radical (unpaired) electrons. The van der Waals surface area contributed by atoms with Gasteiger partial charge in [0.05, 0.1) is 0 Å². The number of benzene rings is 1. The van der Waals surface area contributed by atoms with Crippen LogP contribution in [0.1, 0.15) is 38.2 Å². The van der Waals surface area contributed by atoms with E-state index in [2.05, 4.69) is 43.0 Å². The van der Waals surface area contributed by atoms with Gasteiger partial charge in [0.15, 0.2) is 0 Å². The van der Waals surface area contributed by atoms with Gasteiger partial charge in [-0.3, -0.25) is 4.90 Å². The lowest BCUT2D eigenvalue weighted by atomic mass is 10.0. The first kappa shape index (κ1) is 12.4. The first-order valence-corrected chi connectivity index (χ1v) is 6.71. The van der Waals surface area contributed by atoms with E-state index in [1.165, 1.54) is 31.5 Å². The molecule has 1 aromatic rings. The third-order valence-electron chi connectivity index (χ3n) is 3.42. The Balaban J connectivity index is 1.74. The van der Waals surface area contributed by atoms with Gasteiger partial charge in [0.25, 0.3) is 0 Å². The lowest BCUT2D eigenvalue weighted by molar-refractivity contribution is 0.238. The molecule has 0 N–H and O–H groups in total. The molecule has 1 saturated heterocycles. The number of hydrogen-bond donors (Lipinski definition) is 0. The van der Waals surface area contributed by atoms with Gasteiger partial charge in [-0.2, -0.15) is 0 Å². The summed E-state index contributed by atoms with van der Waals surface area (Å²) in [6.07, 6.45) is 2.70. The Morgan fingerprint density at radius 2 is 1.76 bits per heavy atom. The maximum atomic E-state index is 5.76. The van der Waals surface area contributed by atoms with Gasteiger partial charge in [0.1, 0.15) is 12.4 Å². The van der Waals surface area contributed by atoms with Crippen molar-refractivity contribution in [2.24, 2.45) is 0 Å². The third kappa shape index (κ3) is 3.74. The molecule has 0 amide bonds. The largest absolute Gasteiger partial charge is 0.492 e. The quantitative estimate of drug-likeness (QED) is 0.774. The highest BCUT2D eigenvalue weighted by Gasteiger charge is 2.10. The molecule has 2 rings (SSSR count). The van der Waals surface area contributed by atoms with Gasteiger partial charge in [0.2, 0.25) is 0 Å². The summed E-state index contributed by atoms with van der Waals surface area (Å²) in [5, 5.41) is 0. The molecule has 0 aliphatic carbocycles. The fourth-order valence-corrected chi connectivity index (χ4v) is 2.25.